The standard InChI is InChI=1S/C25H24ClN3O4S/c1-15-5-6-16(13-27-15)14-29-23(30)21-19(26)11-12-20(22(21)24(29)31)28-34(32,33)18-9-7-17(8-10-18)25(2,3)4/h5-13,28H,14H2,1-4H3. The number of sulfonamides is 1. The third kappa shape index (κ3) is 4.43. The van der Waals surface area contributed by atoms with E-state index in [0.29, 0.717) is 5.56 Å². The van der Waals surface area contributed by atoms with Crippen LogP contribution in [0, 0.1) is 6.92 Å². The zero-order chi connectivity index (χ0) is 24.8. The fourth-order valence-electron chi connectivity index (χ4n) is 3.71. The van der Waals surface area contributed by atoms with Gasteiger partial charge < -0.3 is 0 Å². The highest BCUT2D eigenvalue weighted by Gasteiger charge is 2.40. The summed E-state index contributed by atoms with van der Waals surface area (Å²) in [6.07, 6.45) is 1.59. The number of amides is 2. The smallest absolute Gasteiger partial charge is 0.264 e. The maximum atomic E-state index is 13.2. The molecule has 0 atom stereocenters. The van der Waals surface area contributed by atoms with Crippen LogP contribution in [0.1, 0.15) is 58.3 Å². The number of benzene rings is 2. The first-order valence-electron chi connectivity index (χ1n) is 10.6. The van der Waals surface area contributed by atoms with Gasteiger partial charge in [0.1, 0.15) is 0 Å². The van der Waals surface area contributed by atoms with Gasteiger partial charge >= 0.3 is 0 Å². The molecule has 3 aromatic rings. The van der Waals surface area contributed by atoms with E-state index in [9.17, 15) is 18.0 Å². The number of pyridine rings is 1. The Morgan fingerprint density at radius 3 is 2.18 bits per heavy atom. The average molecular weight is 498 g/mol. The molecule has 0 bridgehead atoms. The molecule has 1 aromatic heterocycles. The first-order chi connectivity index (χ1) is 15.9. The van der Waals surface area contributed by atoms with Gasteiger partial charge in [0.15, 0.2) is 0 Å². The van der Waals surface area contributed by atoms with Crippen LogP contribution in [0.5, 0.6) is 0 Å². The van der Waals surface area contributed by atoms with Gasteiger partial charge in [0.25, 0.3) is 21.8 Å². The van der Waals surface area contributed by atoms with Gasteiger partial charge in [0.2, 0.25) is 0 Å². The van der Waals surface area contributed by atoms with E-state index < -0.39 is 21.8 Å². The van der Waals surface area contributed by atoms with E-state index in [1.54, 1.807) is 30.5 Å². The summed E-state index contributed by atoms with van der Waals surface area (Å²) in [5.74, 6) is -1.20. The topological polar surface area (TPSA) is 96.4 Å². The molecular formula is C25H24ClN3O4S. The van der Waals surface area contributed by atoms with Crippen LogP contribution >= 0.6 is 11.6 Å². The highest BCUT2D eigenvalue weighted by Crippen LogP contribution is 2.36. The molecule has 1 aliphatic rings. The van der Waals surface area contributed by atoms with E-state index in [0.717, 1.165) is 16.2 Å². The van der Waals surface area contributed by atoms with Crippen molar-refractivity contribution >= 4 is 39.1 Å². The summed E-state index contributed by atoms with van der Waals surface area (Å²) >= 11 is 6.25. The van der Waals surface area contributed by atoms with Gasteiger partial charge in [0.05, 0.1) is 33.3 Å². The Morgan fingerprint density at radius 2 is 1.59 bits per heavy atom. The number of imide groups is 1. The summed E-state index contributed by atoms with van der Waals surface area (Å²) in [5, 5.41) is 0.0790. The van der Waals surface area contributed by atoms with E-state index in [1.807, 2.05) is 27.7 Å². The van der Waals surface area contributed by atoms with Crippen molar-refractivity contribution in [2.45, 2.75) is 44.6 Å². The molecule has 0 unspecified atom stereocenters. The molecule has 1 aliphatic heterocycles. The Hall–Kier alpha value is -3.23. The Bertz CT molecular complexity index is 1390. The Kier molecular flexibility index (Phi) is 5.99. The van der Waals surface area contributed by atoms with Crippen LogP contribution in [0.15, 0.2) is 59.6 Å². The Balaban J connectivity index is 1.67. The summed E-state index contributed by atoms with van der Waals surface area (Å²) in [4.78, 5) is 31.5. The molecule has 4 rings (SSSR count). The number of nitrogens with zero attached hydrogens (tertiary/aromatic N) is 2. The third-order valence-corrected chi connectivity index (χ3v) is 7.36. The van der Waals surface area contributed by atoms with Crippen molar-refractivity contribution < 1.29 is 18.0 Å². The molecule has 0 fully saturated rings. The van der Waals surface area contributed by atoms with Crippen molar-refractivity contribution in [3.05, 3.63) is 87.7 Å². The number of carbonyl (C=O) groups excluding carboxylic acids is 2. The Morgan fingerprint density at radius 1 is 0.941 bits per heavy atom. The molecule has 9 heteroatoms. The van der Waals surface area contributed by atoms with E-state index >= 15 is 0 Å². The van der Waals surface area contributed by atoms with Gasteiger partial charge in [-0.25, -0.2) is 8.42 Å². The quantitative estimate of drug-likeness (QED) is 0.504. The molecule has 1 N–H and O–H groups in total. The number of fused-ring (bicyclic) bond motifs is 1. The third-order valence-electron chi connectivity index (χ3n) is 5.66. The number of rotatable bonds is 5. The molecule has 2 amide bonds. The van der Waals surface area contributed by atoms with Crippen molar-refractivity contribution in [1.29, 1.82) is 0 Å². The van der Waals surface area contributed by atoms with Gasteiger partial charge in [-0.15, -0.1) is 0 Å². The van der Waals surface area contributed by atoms with Gasteiger partial charge in [0, 0.05) is 11.9 Å². The van der Waals surface area contributed by atoms with Crippen LogP contribution in [0.4, 0.5) is 5.69 Å². The second kappa shape index (κ2) is 8.52. The van der Waals surface area contributed by atoms with Crippen LogP contribution < -0.4 is 4.72 Å². The molecule has 176 valence electrons. The number of aryl methyl sites for hydroxylation is 1. The van der Waals surface area contributed by atoms with Crippen molar-refractivity contribution in [3.63, 3.8) is 0 Å². The number of aromatic nitrogens is 1. The monoisotopic (exact) mass is 497 g/mol. The summed E-state index contributed by atoms with van der Waals surface area (Å²) < 4.78 is 28.6. The normalized spacial score (nSPS) is 13.9. The number of anilines is 1. The number of hydrogen-bond donors (Lipinski definition) is 1. The number of carbonyl (C=O) groups is 2. The lowest BCUT2D eigenvalue weighted by Crippen LogP contribution is -2.29. The molecule has 0 saturated carbocycles. The van der Waals surface area contributed by atoms with E-state index in [4.69, 9.17) is 11.6 Å². The fourth-order valence-corrected chi connectivity index (χ4v) is 5.02. The minimum absolute atomic E-state index is 0.00202. The molecule has 0 radical (unpaired) electrons. The second-order valence-corrected chi connectivity index (χ2v) is 11.3. The zero-order valence-electron chi connectivity index (χ0n) is 19.2. The first-order valence-corrected chi connectivity index (χ1v) is 12.5. The van der Waals surface area contributed by atoms with Crippen LogP contribution in [0.3, 0.4) is 0 Å². The summed E-state index contributed by atoms with van der Waals surface area (Å²) in [6, 6.07) is 12.9. The van der Waals surface area contributed by atoms with E-state index in [-0.39, 0.29) is 38.7 Å². The fraction of sp³-hybridized carbons (Fsp3) is 0.240. The highest BCUT2D eigenvalue weighted by molar-refractivity contribution is 7.92. The van der Waals surface area contributed by atoms with Crippen LogP contribution in [0.2, 0.25) is 5.02 Å². The molecule has 0 saturated heterocycles. The maximum Gasteiger partial charge on any atom is 0.264 e. The van der Waals surface area contributed by atoms with Crippen molar-refractivity contribution in [2.75, 3.05) is 4.72 Å². The van der Waals surface area contributed by atoms with Gasteiger partial charge in [-0.2, -0.15) is 0 Å². The molecule has 7 nitrogen and oxygen atoms in total. The lowest BCUT2D eigenvalue weighted by Gasteiger charge is -2.19. The van der Waals surface area contributed by atoms with E-state index in [1.165, 1.54) is 24.3 Å². The largest absolute Gasteiger partial charge is 0.279 e. The van der Waals surface area contributed by atoms with Gasteiger partial charge in [-0.3, -0.25) is 24.2 Å². The van der Waals surface area contributed by atoms with Gasteiger partial charge in [-0.05, 0) is 53.8 Å². The first kappa shape index (κ1) is 23.9. The van der Waals surface area contributed by atoms with Crippen LogP contribution in [-0.2, 0) is 22.0 Å². The summed E-state index contributed by atoms with van der Waals surface area (Å²) in [7, 11) is -4.02. The summed E-state index contributed by atoms with van der Waals surface area (Å²) in [5.41, 5.74) is 2.25. The predicted octanol–water partition coefficient (Wildman–Crippen LogP) is 4.94. The molecule has 2 aromatic carbocycles. The van der Waals surface area contributed by atoms with Crippen molar-refractivity contribution in [1.82, 2.24) is 9.88 Å². The molecule has 0 aliphatic carbocycles. The van der Waals surface area contributed by atoms with Crippen molar-refractivity contribution in [3.8, 4) is 0 Å². The molecule has 2 heterocycles. The lowest BCUT2D eigenvalue weighted by molar-refractivity contribution is 0.0642. The Labute approximate surface area is 203 Å². The average Bonchev–Trinajstić information content (AvgIpc) is 3.02. The molecule has 34 heavy (non-hydrogen) atoms. The zero-order valence-corrected chi connectivity index (χ0v) is 20.8. The summed E-state index contributed by atoms with van der Waals surface area (Å²) in [6.45, 7) is 7.93. The molecule has 0 spiro atoms. The van der Waals surface area contributed by atoms with Crippen LogP contribution in [0.25, 0.3) is 0 Å². The van der Waals surface area contributed by atoms with E-state index in [2.05, 4.69) is 9.71 Å². The number of nitrogens with one attached hydrogen (secondary N) is 1. The second-order valence-electron chi connectivity index (χ2n) is 9.23. The lowest BCUT2D eigenvalue weighted by atomic mass is 9.87. The van der Waals surface area contributed by atoms with Crippen molar-refractivity contribution in [2.24, 2.45) is 0 Å². The maximum absolute atomic E-state index is 13.2. The minimum Gasteiger partial charge on any atom is -0.279 e. The number of hydrogen-bond acceptors (Lipinski definition) is 5. The minimum atomic E-state index is -4.02. The predicted molar refractivity (Wildman–Crippen MR) is 131 cm³/mol. The number of halogens is 1. The van der Waals surface area contributed by atoms with Gasteiger partial charge in [-0.1, -0.05) is 50.6 Å². The van der Waals surface area contributed by atoms with Crippen LogP contribution in [-0.4, -0.2) is 30.1 Å². The highest BCUT2D eigenvalue weighted by atomic mass is 35.5. The molecular weight excluding hydrogens is 474 g/mol. The SMILES string of the molecule is Cc1ccc(CN2C(=O)c3c(Cl)ccc(NS(=O)(=O)c4ccc(C(C)(C)C)cc4)c3C2=O)cn1.